The molecule has 0 saturated heterocycles. The number of nitrogens with zero attached hydrogens (tertiary/aromatic N) is 5. The van der Waals surface area contributed by atoms with Gasteiger partial charge in [-0.25, -0.2) is 9.61 Å². The number of nitrogens with two attached hydrogens (primary N) is 1. The van der Waals surface area contributed by atoms with Gasteiger partial charge in [-0.1, -0.05) is 12.1 Å². The SMILES string of the molecule is CN(C)CCn1c(-c2nonc2N)nc2ccccc21. The molecule has 0 aliphatic rings. The largest absolute Gasteiger partial charge is 0.379 e. The molecule has 1 aromatic carbocycles. The number of para-hydroxylation sites is 2. The number of likely N-dealkylation sites (N-methyl/N-ethyl adjacent to an activating group) is 1. The van der Waals surface area contributed by atoms with Crippen molar-refractivity contribution in [3.05, 3.63) is 24.3 Å². The second-order valence-corrected chi connectivity index (χ2v) is 4.88. The van der Waals surface area contributed by atoms with Crippen LogP contribution >= 0.6 is 0 Å². The first-order valence-corrected chi connectivity index (χ1v) is 6.35. The normalized spacial score (nSPS) is 11.6. The Morgan fingerprint density at radius 1 is 1.25 bits per heavy atom. The van der Waals surface area contributed by atoms with Gasteiger partial charge in [-0.05, 0) is 36.5 Å². The van der Waals surface area contributed by atoms with E-state index in [2.05, 4.69) is 29.4 Å². The topological polar surface area (TPSA) is 86.0 Å². The Morgan fingerprint density at radius 3 is 2.75 bits per heavy atom. The summed E-state index contributed by atoms with van der Waals surface area (Å²) in [7, 11) is 4.07. The number of anilines is 1. The Labute approximate surface area is 116 Å². The molecular weight excluding hydrogens is 256 g/mol. The second kappa shape index (κ2) is 4.93. The number of fused-ring (bicyclic) bond motifs is 1. The molecule has 0 spiro atoms. The highest BCUT2D eigenvalue weighted by Crippen LogP contribution is 2.26. The van der Waals surface area contributed by atoms with Gasteiger partial charge in [-0.3, -0.25) is 0 Å². The minimum Gasteiger partial charge on any atom is -0.379 e. The molecule has 2 N–H and O–H groups in total. The summed E-state index contributed by atoms with van der Waals surface area (Å²) in [5.74, 6) is 0.943. The zero-order valence-electron chi connectivity index (χ0n) is 11.4. The standard InChI is InChI=1S/C13H16N6O/c1-18(2)7-8-19-10-6-4-3-5-9(10)15-13(19)11-12(14)17-20-16-11/h3-6H,7-8H2,1-2H3,(H2,14,17). The summed E-state index contributed by atoms with van der Waals surface area (Å²) in [6.07, 6.45) is 0. The first kappa shape index (κ1) is 12.6. The second-order valence-electron chi connectivity index (χ2n) is 4.88. The summed E-state index contributed by atoms with van der Waals surface area (Å²) in [5, 5.41) is 7.49. The van der Waals surface area contributed by atoms with Gasteiger partial charge in [0.25, 0.3) is 0 Å². The molecule has 20 heavy (non-hydrogen) atoms. The van der Waals surface area contributed by atoms with Gasteiger partial charge in [0.15, 0.2) is 17.3 Å². The van der Waals surface area contributed by atoms with Crippen molar-refractivity contribution in [3.8, 4) is 11.5 Å². The van der Waals surface area contributed by atoms with Crippen molar-refractivity contribution in [2.45, 2.75) is 6.54 Å². The summed E-state index contributed by atoms with van der Waals surface area (Å²) in [5.41, 5.74) is 8.23. The van der Waals surface area contributed by atoms with Gasteiger partial charge >= 0.3 is 0 Å². The zero-order chi connectivity index (χ0) is 14.1. The maximum absolute atomic E-state index is 5.79. The molecule has 7 heteroatoms. The number of nitrogen functional groups attached to an aromatic ring is 1. The summed E-state index contributed by atoms with van der Waals surface area (Å²) in [6, 6.07) is 7.95. The van der Waals surface area contributed by atoms with Gasteiger partial charge in [0.2, 0.25) is 0 Å². The van der Waals surface area contributed by atoms with E-state index in [1.165, 1.54) is 0 Å². The molecule has 3 rings (SSSR count). The molecule has 0 aliphatic heterocycles. The molecule has 0 radical (unpaired) electrons. The lowest BCUT2D eigenvalue weighted by atomic mass is 10.3. The Kier molecular flexibility index (Phi) is 3.11. The highest BCUT2D eigenvalue weighted by molar-refractivity contribution is 5.81. The Bertz CT molecular complexity index is 729. The summed E-state index contributed by atoms with van der Waals surface area (Å²) >= 11 is 0. The van der Waals surface area contributed by atoms with Gasteiger partial charge in [0.05, 0.1) is 11.0 Å². The van der Waals surface area contributed by atoms with Crippen LogP contribution in [0, 0.1) is 0 Å². The molecule has 0 unspecified atom stereocenters. The average molecular weight is 272 g/mol. The fourth-order valence-electron chi connectivity index (χ4n) is 2.13. The molecule has 104 valence electrons. The molecule has 2 heterocycles. The lowest BCUT2D eigenvalue weighted by Crippen LogP contribution is -2.19. The van der Waals surface area contributed by atoms with Crippen molar-refractivity contribution in [1.82, 2.24) is 24.8 Å². The fraction of sp³-hybridized carbons (Fsp3) is 0.308. The van der Waals surface area contributed by atoms with Crippen LogP contribution in [0.4, 0.5) is 5.82 Å². The molecule has 3 aromatic rings. The van der Waals surface area contributed by atoms with E-state index in [1.807, 2.05) is 38.4 Å². The van der Waals surface area contributed by atoms with Crippen molar-refractivity contribution in [3.63, 3.8) is 0 Å². The maximum atomic E-state index is 5.79. The van der Waals surface area contributed by atoms with E-state index in [0.29, 0.717) is 11.5 Å². The summed E-state index contributed by atoms with van der Waals surface area (Å²) < 4.78 is 6.78. The first-order chi connectivity index (χ1) is 9.66. The molecule has 0 amide bonds. The smallest absolute Gasteiger partial charge is 0.199 e. The Balaban J connectivity index is 2.15. The molecule has 0 atom stereocenters. The minimum atomic E-state index is 0.256. The lowest BCUT2D eigenvalue weighted by molar-refractivity contribution is 0.310. The van der Waals surface area contributed by atoms with Gasteiger partial charge in [-0.2, -0.15) is 0 Å². The predicted molar refractivity (Wildman–Crippen MR) is 76.0 cm³/mol. The summed E-state index contributed by atoms with van der Waals surface area (Å²) in [4.78, 5) is 6.71. The average Bonchev–Trinajstić information content (AvgIpc) is 2.99. The van der Waals surface area contributed by atoms with Crippen molar-refractivity contribution >= 4 is 16.9 Å². The van der Waals surface area contributed by atoms with Crippen LogP contribution in [-0.2, 0) is 6.54 Å². The number of benzene rings is 1. The number of imidazole rings is 1. The van der Waals surface area contributed by atoms with Gasteiger partial charge in [0.1, 0.15) is 0 Å². The minimum absolute atomic E-state index is 0.256. The highest BCUT2D eigenvalue weighted by atomic mass is 16.6. The maximum Gasteiger partial charge on any atom is 0.199 e. The van der Waals surface area contributed by atoms with Crippen LogP contribution in [-0.4, -0.2) is 45.4 Å². The van der Waals surface area contributed by atoms with Crippen LogP contribution in [0.5, 0.6) is 0 Å². The monoisotopic (exact) mass is 272 g/mol. The molecule has 2 aromatic heterocycles. The van der Waals surface area contributed by atoms with Gasteiger partial charge in [0, 0.05) is 13.1 Å². The van der Waals surface area contributed by atoms with E-state index in [-0.39, 0.29) is 5.82 Å². The van der Waals surface area contributed by atoms with Crippen LogP contribution in [0.25, 0.3) is 22.6 Å². The van der Waals surface area contributed by atoms with E-state index in [9.17, 15) is 0 Å². The van der Waals surface area contributed by atoms with Crippen LogP contribution < -0.4 is 5.73 Å². The van der Waals surface area contributed by atoms with Crippen molar-refractivity contribution in [2.24, 2.45) is 0 Å². The third-order valence-electron chi connectivity index (χ3n) is 3.15. The molecular formula is C13H16N6O. The predicted octanol–water partition coefficient (Wildman–Crippen LogP) is 1.23. The first-order valence-electron chi connectivity index (χ1n) is 6.35. The van der Waals surface area contributed by atoms with Gasteiger partial charge < -0.3 is 15.2 Å². The lowest BCUT2D eigenvalue weighted by Gasteiger charge is -2.12. The Morgan fingerprint density at radius 2 is 2.05 bits per heavy atom. The van der Waals surface area contributed by atoms with Crippen molar-refractivity contribution < 1.29 is 4.63 Å². The van der Waals surface area contributed by atoms with E-state index in [0.717, 1.165) is 24.1 Å². The molecule has 7 nitrogen and oxygen atoms in total. The van der Waals surface area contributed by atoms with Crippen LogP contribution in [0.3, 0.4) is 0 Å². The Hall–Kier alpha value is -2.41. The third-order valence-corrected chi connectivity index (χ3v) is 3.15. The number of hydrogen-bond donors (Lipinski definition) is 1. The molecule has 0 bridgehead atoms. The number of rotatable bonds is 4. The fourth-order valence-corrected chi connectivity index (χ4v) is 2.13. The molecule has 0 aliphatic carbocycles. The van der Waals surface area contributed by atoms with E-state index in [4.69, 9.17) is 5.73 Å². The van der Waals surface area contributed by atoms with Crippen molar-refractivity contribution in [1.29, 1.82) is 0 Å². The van der Waals surface area contributed by atoms with E-state index >= 15 is 0 Å². The van der Waals surface area contributed by atoms with E-state index < -0.39 is 0 Å². The number of aromatic nitrogens is 4. The van der Waals surface area contributed by atoms with Crippen LogP contribution in [0.1, 0.15) is 0 Å². The van der Waals surface area contributed by atoms with Gasteiger partial charge in [-0.15, -0.1) is 0 Å². The van der Waals surface area contributed by atoms with E-state index in [1.54, 1.807) is 0 Å². The quantitative estimate of drug-likeness (QED) is 0.768. The number of hydrogen-bond acceptors (Lipinski definition) is 6. The molecule has 0 saturated carbocycles. The third kappa shape index (κ3) is 2.12. The van der Waals surface area contributed by atoms with Crippen LogP contribution in [0.2, 0.25) is 0 Å². The highest BCUT2D eigenvalue weighted by Gasteiger charge is 2.18. The summed E-state index contributed by atoms with van der Waals surface area (Å²) in [6.45, 7) is 1.67. The molecule has 0 fully saturated rings. The van der Waals surface area contributed by atoms with Crippen molar-refractivity contribution in [2.75, 3.05) is 26.4 Å². The zero-order valence-corrected chi connectivity index (χ0v) is 11.4. The van der Waals surface area contributed by atoms with Crippen LogP contribution in [0.15, 0.2) is 28.9 Å².